The minimum atomic E-state index is 0.0892. The number of allylic oxidation sites excluding steroid dienone is 3. The molecule has 0 aromatic rings. The summed E-state index contributed by atoms with van der Waals surface area (Å²) in [5.41, 5.74) is 1.46. The van der Waals surface area contributed by atoms with Gasteiger partial charge in [0.2, 0.25) is 0 Å². The van der Waals surface area contributed by atoms with Crippen molar-refractivity contribution in [2.24, 2.45) is 5.92 Å². The third-order valence-corrected chi connectivity index (χ3v) is 4.01. The predicted octanol–water partition coefficient (Wildman–Crippen LogP) is 1.90. The zero-order valence-electron chi connectivity index (χ0n) is 11.0. The molecule has 3 rings (SSSR count). The van der Waals surface area contributed by atoms with Crippen LogP contribution in [0.5, 0.6) is 0 Å². The van der Waals surface area contributed by atoms with E-state index >= 15 is 0 Å². The molecule has 0 aromatic heterocycles. The van der Waals surface area contributed by atoms with E-state index in [1.54, 1.807) is 0 Å². The highest BCUT2D eigenvalue weighted by Crippen LogP contribution is 2.38. The monoisotopic (exact) mass is 261 g/mol. The molecule has 2 aliphatic heterocycles. The van der Waals surface area contributed by atoms with Crippen LogP contribution in [0, 0.1) is 5.92 Å². The van der Waals surface area contributed by atoms with E-state index in [0.29, 0.717) is 5.92 Å². The lowest BCUT2D eigenvalue weighted by Gasteiger charge is -2.45. The van der Waals surface area contributed by atoms with Crippen LogP contribution in [0.25, 0.3) is 0 Å². The SMILES string of the molecule is CC(C)(C)N1C=C2C=CC=CC3NC(=S)NC1C23. The molecule has 0 aromatic carbocycles. The van der Waals surface area contributed by atoms with Gasteiger partial charge < -0.3 is 15.5 Å². The normalized spacial score (nSPS) is 33.5. The van der Waals surface area contributed by atoms with Crippen LogP contribution in [0.3, 0.4) is 0 Å². The zero-order valence-corrected chi connectivity index (χ0v) is 11.8. The summed E-state index contributed by atoms with van der Waals surface area (Å²) >= 11 is 5.33. The van der Waals surface area contributed by atoms with E-state index < -0.39 is 0 Å². The van der Waals surface area contributed by atoms with E-state index in [1.165, 1.54) is 5.57 Å². The summed E-state index contributed by atoms with van der Waals surface area (Å²) in [5.74, 6) is 0.422. The molecular formula is C14H19N3S. The lowest BCUT2D eigenvalue weighted by atomic mass is 9.89. The van der Waals surface area contributed by atoms with Crippen molar-refractivity contribution in [2.75, 3.05) is 0 Å². The number of hydrogen-bond donors (Lipinski definition) is 2. The third-order valence-electron chi connectivity index (χ3n) is 3.77. The van der Waals surface area contributed by atoms with Gasteiger partial charge in [-0.05, 0) is 38.6 Å². The van der Waals surface area contributed by atoms with Crippen molar-refractivity contribution >= 4 is 17.3 Å². The van der Waals surface area contributed by atoms with Crippen LogP contribution in [-0.4, -0.2) is 27.8 Å². The molecule has 2 N–H and O–H groups in total. The Kier molecular flexibility index (Phi) is 2.52. The lowest BCUT2D eigenvalue weighted by molar-refractivity contribution is 0.113. The van der Waals surface area contributed by atoms with Crippen molar-refractivity contribution in [3.8, 4) is 0 Å². The first-order chi connectivity index (χ1) is 8.47. The van der Waals surface area contributed by atoms with E-state index in [2.05, 4.69) is 66.8 Å². The van der Waals surface area contributed by atoms with Gasteiger partial charge in [-0.3, -0.25) is 0 Å². The predicted molar refractivity (Wildman–Crippen MR) is 77.9 cm³/mol. The molecule has 4 heteroatoms. The molecule has 0 radical (unpaired) electrons. The number of rotatable bonds is 0. The Hall–Kier alpha value is -1.29. The van der Waals surface area contributed by atoms with Gasteiger partial charge in [0.15, 0.2) is 5.11 Å². The topological polar surface area (TPSA) is 27.3 Å². The average molecular weight is 261 g/mol. The van der Waals surface area contributed by atoms with Crippen molar-refractivity contribution in [3.63, 3.8) is 0 Å². The van der Waals surface area contributed by atoms with Crippen LogP contribution in [-0.2, 0) is 0 Å². The van der Waals surface area contributed by atoms with Crippen LogP contribution in [0.2, 0.25) is 0 Å². The van der Waals surface area contributed by atoms with Crippen molar-refractivity contribution in [1.82, 2.24) is 15.5 Å². The van der Waals surface area contributed by atoms with Gasteiger partial charge in [-0.25, -0.2) is 0 Å². The Morgan fingerprint density at radius 1 is 1.22 bits per heavy atom. The van der Waals surface area contributed by atoms with Crippen LogP contribution < -0.4 is 10.6 Å². The van der Waals surface area contributed by atoms with Gasteiger partial charge in [-0.2, -0.15) is 0 Å². The van der Waals surface area contributed by atoms with Crippen molar-refractivity contribution < 1.29 is 0 Å². The van der Waals surface area contributed by atoms with E-state index in [0.717, 1.165) is 5.11 Å². The summed E-state index contributed by atoms with van der Waals surface area (Å²) < 4.78 is 0. The van der Waals surface area contributed by atoms with Crippen LogP contribution in [0.15, 0.2) is 36.1 Å². The zero-order chi connectivity index (χ0) is 12.9. The first kappa shape index (κ1) is 11.8. The maximum absolute atomic E-state index is 5.33. The Balaban J connectivity index is 2.03. The van der Waals surface area contributed by atoms with Gasteiger partial charge in [0.25, 0.3) is 0 Å². The Morgan fingerprint density at radius 3 is 2.72 bits per heavy atom. The second kappa shape index (κ2) is 3.85. The van der Waals surface area contributed by atoms with Gasteiger partial charge in [0.05, 0.1) is 6.04 Å². The molecule has 1 saturated heterocycles. The fourth-order valence-electron chi connectivity index (χ4n) is 2.95. The van der Waals surface area contributed by atoms with Gasteiger partial charge in [0.1, 0.15) is 6.17 Å². The lowest BCUT2D eigenvalue weighted by Crippen LogP contribution is -2.64. The summed E-state index contributed by atoms with van der Waals surface area (Å²) in [6, 6.07) is 0.289. The summed E-state index contributed by atoms with van der Waals surface area (Å²) in [5, 5.41) is 7.52. The molecule has 1 fully saturated rings. The maximum atomic E-state index is 5.33. The van der Waals surface area contributed by atoms with Crippen LogP contribution in [0.4, 0.5) is 0 Å². The molecule has 3 atom stereocenters. The number of nitrogens with zero attached hydrogens (tertiary/aromatic N) is 1. The minimum Gasteiger partial charge on any atom is -0.356 e. The number of nitrogens with one attached hydrogen (secondary N) is 2. The van der Waals surface area contributed by atoms with Gasteiger partial charge in [0, 0.05) is 17.7 Å². The Morgan fingerprint density at radius 2 is 2.00 bits per heavy atom. The molecule has 18 heavy (non-hydrogen) atoms. The molecule has 0 amide bonds. The van der Waals surface area contributed by atoms with Gasteiger partial charge in [-0.1, -0.05) is 24.3 Å². The molecule has 3 aliphatic rings. The largest absolute Gasteiger partial charge is 0.356 e. The fraction of sp³-hybridized carbons (Fsp3) is 0.500. The number of thiocarbonyl (C=S) groups is 1. The van der Waals surface area contributed by atoms with E-state index in [9.17, 15) is 0 Å². The first-order valence-corrected chi connectivity index (χ1v) is 6.80. The second-order valence-electron chi connectivity index (χ2n) is 6.07. The third kappa shape index (κ3) is 1.75. The van der Waals surface area contributed by atoms with Gasteiger partial charge >= 0.3 is 0 Å². The van der Waals surface area contributed by atoms with Crippen LogP contribution >= 0.6 is 12.2 Å². The van der Waals surface area contributed by atoms with E-state index in [1.807, 2.05) is 0 Å². The molecule has 3 unspecified atom stereocenters. The standard InChI is InChI=1S/C14H19N3S/c1-14(2,3)17-8-9-6-4-5-7-10-11(9)12(17)16-13(18)15-10/h4-8,10-12H,1-3H3,(H2,15,16,18). The van der Waals surface area contributed by atoms with Crippen molar-refractivity contribution in [1.29, 1.82) is 0 Å². The molecular weight excluding hydrogens is 242 g/mol. The fourth-order valence-corrected chi connectivity index (χ4v) is 3.20. The molecule has 2 heterocycles. The quantitative estimate of drug-likeness (QED) is 0.651. The summed E-state index contributed by atoms with van der Waals surface area (Å²) in [4.78, 5) is 2.39. The molecule has 3 nitrogen and oxygen atoms in total. The highest BCUT2D eigenvalue weighted by molar-refractivity contribution is 7.80. The highest BCUT2D eigenvalue weighted by Gasteiger charge is 2.45. The average Bonchev–Trinajstić information content (AvgIpc) is 2.49. The Labute approximate surface area is 114 Å². The summed E-state index contributed by atoms with van der Waals surface area (Å²) in [7, 11) is 0. The maximum Gasteiger partial charge on any atom is 0.168 e. The van der Waals surface area contributed by atoms with Crippen molar-refractivity contribution in [3.05, 3.63) is 36.1 Å². The summed E-state index contributed by atoms with van der Waals surface area (Å²) in [6.07, 6.45) is 11.1. The van der Waals surface area contributed by atoms with Crippen molar-refractivity contribution in [2.45, 2.75) is 38.5 Å². The first-order valence-electron chi connectivity index (χ1n) is 6.39. The van der Waals surface area contributed by atoms with E-state index in [-0.39, 0.29) is 17.7 Å². The molecule has 0 bridgehead atoms. The highest BCUT2D eigenvalue weighted by atomic mass is 32.1. The molecule has 0 spiro atoms. The van der Waals surface area contributed by atoms with Gasteiger partial charge in [-0.15, -0.1) is 0 Å². The molecule has 1 aliphatic carbocycles. The number of hydrogen-bond acceptors (Lipinski definition) is 2. The van der Waals surface area contributed by atoms with E-state index in [4.69, 9.17) is 12.2 Å². The smallest absolute Gasteiger partial charge is 0.168 e. The van der Waals surface area contributed by atoms with Crippen LogP contribution in [0.1, 0.15) is 20.8 Å². The Bertz CT molecular complexity index is 470. The molecule has 96 valence electrons. The molecule has 0 saturated carbocycles. The minimum absolute atomic E-state index is 0.0892. The summed E-state index contributed by atoms with van der Waals surface area (Å²) in [6.45, 7) is 6.70. The second-order valence-corrected chi connectivity index (χ2v) is 6.47.